The van der Waals surface area contributed by atoms with Crippen molar-refractivity contribution in [3.05, 3.63) is 104 Å². The first kappa shape index (κ1) is 18.9. The molecule has 0 amide bonds. The molecule has 0 atom stereocenters. The fourth-order valence-electron chi connectivity index (χ4n) is 3.17. The number of allylic oxidation sites excluding steroid dienone is 1. The third-order valence-corrected chi connectivity index (χ3v) is 8.73. The highest BCUT2D eigenvalue weighted by Gasteiger charge is 2.44. The van der Waals surface area contributed by atoms with Gasteiger partial charge < -0.3 is 24.0 Å². The summed E-state index contributed by atoms with van der Waals surface area (Å²) in [6, 6.07) is 33.0. The van der Waals surface area contributed by atoms with Crippen LogP contribution < -0.4 is 39.9 Å². The molecule has 0 aliphatic heterocycles. The monoisotopic (exact) mass is 444 g/mol. The maximum absolute atomic E-state index is 3.96. The van der Waals surface area contributed by atoms with Gasteiger partial charge in [-0.3, -0.25) is 0 Å². The van der Waals surface area contributed by atoms with E-state index in [9.17, 15) is 0 Å². The fourth-order valence-corrected chi connectivity index (χ4v) is 7.45. The van der Waals surface area contributed by atoms with E-state index in [-0.39, 0.29) is 24.0 Å². The van der Waals surface area contributed by atoms with E-state index in [1.165, 1.54) is 15.9 Å². The maximum Gasteiger partial charge on any atom is 0.112 e. The molecule has 0 N–H and O–H groups in total. The molecule has 0 aliphatic carbocycles. The second-order valence-corrected chi connectivity index (χ2v) is 9.23. The Bertz CT molecular complexity index is 642. The highest BCUT2D eigenvalue weighted by Crippen LogP contribution is 2.55. The third kappa shape index (κ3) is 3.79. The Labute approximate surface area is 163 Å². The van der Waals surface area contributed by atoms with E-state index in [0.717, 1.165) is 12.6 Å². The standard InChI is InChI=1S/C22H22P.HI/c1-2-3-19-23(20-13-7-4-8-14-20,21-15-9-5-10-16-21)22-17-11-6-12-18-22;/h2,4-18H,1,3,19H2;1H/q+1;/p-1. The van der Waals surface area contributed by atoms with Crippen LogP contribution in [0.3, 0.4) is 0 Å². The largest absolute Gasteiger partial charge is 1.00 e. The summed E-state index contributed by atoms with van der Waals surface area (Å²) in [4.78, 5) is 0. The molecule has 0 fully saturated rings. The molecule has 0 bridgehead atoms. The first-order chi connectivity index (χ1) is 11.4. The van der Waals surface area contributed by atoms with E-state index in [4.69, 9.17) is 0 Å². The lowest BCUT2D eigenvalue weighted by Crippen LogP contribution is -3.00. The summed E-state index contributed by atoms with van der Waals surface area (Å²) in [5.74, 6) is 0. The van der Waals surface area contributed by atoms with Crippen molar-refractivity contribution in [1.29, 1.82) is 0 Å². The number of halogens is 1. The molecule has 0 saturated heterocycles. The van der Waals surface area contributed by atoms with Crippen LogP contribution in [0.4, 0.5) is 0 Å². The average Bonchev–Trinajstić information content (AvgIpc) is 2.65. The normalized spacial score (nSPS) is 10.7. The van der Waals surface area contributed by atoms with Gasteiger partial charge in [0, 0.05) is 0 Å². The maximum atomic E-state index is 3.96. The van der Waals surface area contributed by atoms with E-state index < -0.39 is 7.26 Å². The molecule has 0 aromatic heterocycles. The van der Waals surface area contributed by atoms with Gasteiger partial charge in [0.2, 0.25) is 0 Å². The summed E-state index contributed by atoms with van der Waals surface area (Å²) in [5.41, 5.74) is 0. The highest BCUT2D eigenvalue weighted by molar-refractivity contribution is 7.95. The Balaban J connectivity index is 0.00000208. The van der Waals surface area contributed by atoms with Gasteiger partial charge in [-0.05, 0) is 42.8 Å². The van der Waals surface area contributed by atoms with E-state index in [1.54, 1.807) is 0 Å². The van der Waals surface area contributed by atoms with Crippen LogP contribution in [0.15, 0.2) is 104 Å². The van der Waals surface area contributed by atoms with Crippen molar-refractivity contribution in [2.45, 2.75) is 6.42 Å². The van der Waals surface area contributed by atoms with Crippen molar-refractivity contribution < 1.29 is 24.0 Å². The van der Waals surface area contributed by atoms with Crippen LogP contribution in [-0.4, -0.2) is 6.16 Å². The lowest BCUT2D eigenvalue weighted by molar-refractivity contribution is -0.00000446. The lowest BCUT2D eigenvalue weighted by Gasteiger charge is -2.27. The third-order valence-electron chi connectivity index (χ3n) is 4.26. The molecule has 0 nitrogen and oxygen atoms in total. The predicted molar refractivity (Wildman–Crippen MR) is 105 cm³/mol. The summed E-state index contributed by atoms with van der Waals surface area (Å²) < 4.78 is 0. The molecule has 0 aliphatic rings. The van der Waals surface area contributed by atoms with Gasteiger partial charge in [-0.2, -0.15) is 0 Å². The van der Waals surface area contributed by atoms with E-state index in [0.29, 0.717) is 0 Å². The van der Waals surface area contributed by atoms with Gasteiger partial charge in [-0.15, -0.1) is 6.58 Å². The Hall–Kier alpha value is -1.44. The summed E-state index contributed by atoms with van der Waals surface area (Å²) >= 11 is 0. The minimum Gasteiger partial charge on any atom is -1.00 e. The molecule has 3 rings (SSSR count). The first-order valence-corrected chi connectivity index (χ1v) is 10.0. The fraction of sp³-hybridized carbons (Fsp3) is 0.0909. The Morgan fingerprint density at radius 2 is 0.958 bits per heavy atom. The van der Waals surface area contributed by atoms with Crippen molar-refractivity contribution in [2.24, 2.45) is 0 Å². The molecule has 0 spiro atoms. The predicted octanol–water partition coefficient (Wildman–Crippen LogP) is 1.56. The zero-order valence-electron chi connectivity index (χ0n) is 13.7. The van der Waals surface area contributed by atoms with Gasteiger partial charge >= 0.3 is 0 Å². The minimum absolute atomic E-state index is 0. The van der Waals surface area contributed by atoms with E-state index in [1.807, 2.05) is 6.08 Å². The van der Waals surface area contributed by atoms with E-state index >= 15 is 0 Å². The SMILES string of the molecule is C=CCC[P+](c1ccccc1)(c1ccccc1)c1ccccc1.[I-]. The Morgan fingerprint density at radius 3 is 1.25 bits per heavy atom. The minimum atomic E-state index is -1.64. The van der Waals surface area contributed by atoms with Gasteiger partial charge in [0.05, 0.1) is 6.16 Å². The molecule has 0 unspecified atom stereocenters. The van der Waals surface area contributed by atoms with Crippen LogP contribution in [0.5, 0.6) is 0 Å². The van der Waals surface area contributed by atoms with Crippen molar-refractivity contribution in [1.82, 2.24) is 0 Å². The van der Waals surface area contributed by atoms with Gasteiger partial charge in [0.15, 0.2) is 0 Å². The first-order valence-electron chi connectivity index (χ1n) is 8.04. The second kappa shape index (κ2) is 9.15. The zero-order valence-corrected chi connectivity index (χ0v) is 16.7. The van der Waals surface area contributed by atoms with Gasteiger partial charge in [0.1, 0.15) is 23.2 Å². The van der Waals surface area contributed by atoms with Gasteiger partial charge in [0.25, 0.3) is 0 Å². The molecule has 0 radical (unpaired) electrons. The topological polar surface area (TPSA) is 0 Å². The van der Waals surface area contributed by atoms with Crippen molar-refractivity contribution in [2.75, 3.05) is 6.16 Å². The number of hydrogen-bond acceptors (Lipinski definition) is 0. The van der Waals surface area contributed by atoms with Crippen molar-refractivity contribution >= 4 is 23.2 Å². The second-order valence-electron chi connectivity index (χ2n) is 5.62. The Morgan fingerprint density at radius 1 is 0.625 bits per heavy atom. The average molecular weight is 444 g/mol. The van der Waals surface area contributed by atoms with Crippen LogP contribution in [0.2, 0.25) is 0 Å². The smallest absolute Gasteiger partial charge is 0.112 e. The number of hydrogen-bond donors (Lipinski definition) is 0. The van der Waals surface area contributed by atoms with Gasteiger partial charge in [-0.1, -0.05) is 60.7 Å². The van der Waals surface area contributed by atoms with Crippen LogP contribution in [0, 0.1) is 0 Å². The quantitative estimate of drug-likeness (QED) is 0.308. The van der Waals surface area contributed by atoms with Crippen molar-refractivity contribution in [3.8, 4) is 0 Å². The highest BCUT2D eigenvalue weighted by atomic mass is 127. The molecular formula is C22H22IP. The van der Waals surface area contributed by atoms with Crippen LogP contribution >= 0.6 is 7.26 Å². The molecule has 122 valence electrons. The molecular weight excluding hydrogens is 422 g/mol. The van der Waals surface area contributed by atoms with Gasteiger partial charge in [-0.25, -0.2) is 0 Å². The molecule has 0 saturated carbocycles. The summed E-state index contributed by atoms with van der Waals surface area (Å²) in [7, 11) is -1.64. The van der Waals surface area contributed by atoms with Crippen molar-refractivity contribution in [3.63, 3.8) is 0 Å². The molecule has 0 heterocycles. The van der Waals surface area contributed by atoms with Crippen LogP contribution in [0.25, 0.3) is 0 Å². The summed E-state index contributed by atoms with van der Waals surface area (Å²) in [6.07, 6.45) is 4.19. The van der Waals surface area contributed by atoms with Crippen LogP contribution in [0.1, 0.15) is 6.42 Å². The zero-order chi connectivity index (χ0) is 16.0. The number of rotatable bonds is 6. The molecule has 24 heavy (non-hydrogen) atoms. The van der Waals surface area contributed by atoms with E-state index in [2.05, 4.69) is 97.6 Å². The Kier molecular flexibility index (Phi) is 7.20. The summed E-state index contributed by atoms with van der Waals surface area (Å²) in [5, 5.41) is 4.33. The molecule has 2 heteroatoms. The molecule has 3 aromatic carbocycles. The molecule has 3 aromatic rings. The lowest BCUT2D eigenvalue weighted by atomic mass is 10.3. The van der Waals surface area contributed by atoms with Crippen LogP contribution in [-0.2, 0) is 0 Å². The summed E-state index contributed by atoms with van der Waals surface area (Å²) in [6.45, 7) is 3.96. The number of benzene rings is 3.